The molecule has 1 fully saturated rings. The zero-order valence-corrected chi connectivity index (χ0v) is 22.5. The first-order valence-electron chi connectivity index (χ1n) is 12.7. The van der Waals surface area contributed by atoms with Gasteiger partial charge in [0.15, 0.2) is 5.69 Å². The van der Waals surface area contributed by atoms with E-state index in [9.17, 15) is 22.8 Å². The second kappa shape index (κ2) is 12.4. The standard InChI is InChI=1S/C28H31F3N4O5/c1-19(36)34-9-11-35(12-10-34)27(37)24-18-40-26(32-24)17-33(15-20-5-4-6-22(13-20)28(29,30)31)16-21-14-23(38-2)7-8-25(21)39-3/h4-8,13-14,18H,9-12,15-17H2,1-3H3. The van der Waals surface area contributed by atoms with Gasteiger partial charge in [0.2, 0.25) is 11.8 Å². The van der Waals surface area contributed by atoms with E-state index in [1.165, 1.54) is 33.5 Å². The highest BCUT2D eigenvalue weighted by atomic mass is 19.4. The van der Waals surface area contributed by atoms with E-state index in [0.29, 0.717) is 43.2 Å². The predicted octanol–water partition coefficient (Wildman–Crippen LogP) is 4.22. The predicted molar refractivity (Wildman–Crippen MR) is 139 cm³/mol. The van der Waals surface area contributed by atoms with Crippen LogP contribution in [-0.2, 0) is 30.6 Å². The van der Waals surface area contributed by atoms with Crippen molar-refractivity contribution in [3.8, 4) is 11.5 Å². The van der Waals surface area contributed by atoms with Gasteiger partial charge in [0.05, 0.1) is 26.3 Å². The minimum atomic E-state index is -4.47. The molecule has 0 saturated carbocycles. The highest BCUT2D eigenvalue weighted by Crippen LogP contribution is 2.31. The van der Waals surface area contributed by atoms with E-state index in [-0.39, 0.29) is 43.0 Å². The maximum Gasteiger partial charge on any atom is 0.416 e. The lowest BCUT2D eigenvalue weighted by Crippen LogP contribution is -2.50. The lowest BCUT2D eigenvalue weighted by Gasteiger charge is -2.33. The Morgan fingerprint density at radius 1 is 0.975 bits per heavy atom. The average Bonchev–Trinajstić information content (AvgIpc) is 3.40. The maximum atomic E-state index is 13.3. The van der Waals surface area contributed by atoms with Crippen molar-refractivity contribution in [2.45, 2.75) is 32.7 Å². The Kier molecular flexibility index (Phi) is 8.98. The van der Waals surface area contributed by atoms with E-state index in [4.69, 9.17) is 13.9 Å². The Morgan fingerprint density at radius 2 is 1.70 bits per heavy atom. The van der Waals surface area contributed by atoms with Crippen LogP contribution in [0.4, 0.5) is 13.2 Å². The molecule has 9 nitrogen and oxygen atoms in total. The first kappa shape index (κ1) is 28.9. The number of amides is 2. The van der Waals surface area contributed by atoms with Crippen molar-refractivity contribution in [3.05, 3.63) is 77.0 Å². The van der Waals surface area contributed by atoms with Crippen molar-refractivity contribution in [2.24, 2.45) is 0 Å². The molecule has 214 valence electrons. The second-order valence-corrected chi connectivity index (χ2v) is 9.45. The normalized spacial score (nSPS) is 14.0. The number of carbonyl (C=O) groups excluding carboxylic acids is 2. The van der Waals surface area contributed by atoms with Crippen LogP contribution in [0, 0.1) is 0 Å². The third-order valence-corrected chi connectivity index (χ3v) is 6.68. The van der Waals surface area contributed by atoms with Crippen LogP contribution in [0.3, 0.4) is 0 Å². The van der Waals surface area contributed by atoms with Gasteiger partial charge >= 0.3 is 6.18 Å². The minimum Gasteiger partial charge on any atom is -0.497 e. The lowest BCUT2D eigenvalue weighted by molar-refractivity contribution is -0.137. The van der Waals surface area contributed by atoms with Crippen molar-refractivity contribution >= 4 is 11.8 Å². The van der Waals surface area contributed by atoms with Crippen molar-refractivity contribution in [1.29, 1.82) is 0 Å². The fourth-order valence-corrected chi connectivity index (χ4v) is 4.58. The number of hydrogen-bond acceptors (Lipinski definition) is 7. The van der Waals surface area contributed by atoms with Crippen LogP contribution < -0.4 is 9.47 Å². The monoisotopic (exact) mass is 560 g/mol. The van der Waals surface area contributed by atoms with Gasteiger partial charge in [-0.05, 0) is 29.8 Å². The van der Waals surface area contributed by atoms with Crippen LogP contribution >= 0.6 is 0 Å². The molecule has 2 amide bonds. The summed E-state index contributed by atoms with van der Waals surface area (Å²) < 4.78 is 56.5. The molecule has 0 N–H and O–H groups in total. The molecule has 0 unspecified atom stereocenters. The molecular formula is C28H31F3N4O5. The highest BCUT2D eigenvalue weighted by Gasteiger charge is 2.31. The third kappa shape index (κ3) is 7.12. The molecule has 2 aromatic carbocycles. The number of oxazole rings is 1. The quantitative estimate of drug-likeness (QED) is 0.387. The zero-order valence-electron chi connectivity index (χ0n) is 22.5. The van der Waals surface area contributed by atoms with E-state index >= 15 is 0 Å². The Hall–Kier alpha value is -4.06. The molecular weight excluding hydrogens is 529 g/mol. The van der Waals surface area contributed by atoms with Crippen LogP contribution in [0.15, 0.2) is 53.1 Å². The van der Waals surface area contributed by atoms with E-state index in [1.807, 2.05) is 4.90 Å². The minimum absolute atomic E-state index is 0.0376. The summed E-state index contributed by atoms with van der Waals surface area (Å²) in [4.78, 5) is 34.1. The van der Waals surface area contributed by atoms with Gasteiger partial charge in [0.1, 0.15) is 17.8 Å². The summed E-state index contributed by atoms with van der Waals surface area (Å²) in [5.41, 5.74) is 0.588. The summed E-state index contributed by atoms with van der Waals surface area (Å²) in [6, 6.07) is 10.4. The van der Waals surface area contributed by atoms with E-state index < -0.39 is 11.7 Å². The summed E-state index contributed by atoms with van der Waals surface area (Å²) in [7, 11) is 3.07. The SMILES string of the molecule is COc1ccc(OC)c(CN(Cc2cccc(C(F)(F)F)c2)Cc2nc(C(=O)N3CCN(C(C)=O)CC3)co2)c1. The number of rotatable bonds is 9. The highest BCUT2D eigenvalue weighted by molar-refractivity contribution is 5.92. The molecule has 0 bridgehead atoms. The molecule has 1 aliphatic rings. The first-order valence-corrected chi connectivity index (χ1v) is 12.7. The van der Waals surface area contributed by atoms with Crippen molar-refractivity contribution < 1.29 is 36.7 Å². The van der Waals surface area contributed by atoms with Gasteiger partial charge in [0.25, 0.3) is 5.91 Å². The molecule has 0 atom stereocenters. The number of methoxy groups -OCH3 is 2. The van der Waals surface area contributed by atoms with E-state index in [2.05, 4.69) is 4.98 Å². The number of alkyl halides is 3. The Balaban J connectivity index is 1.55. The molecule has 4 rings (SSSR count). The molecule has 3 aromatic rings. The molecule has 1 aromatic heterocycles. The summed E-state index contributed by atoms with van der Waals surface area (Å²) in [5, 5.41) is 0. The fourth-order valence-electron chi connectivity index (χ4n) is 4.58. The van der Waals surface area contributed by atoms with Gasteiger partial charge in [-0.15, -0.1) is 0 Å². The second-order valence-electron chi connectivity index (χ2n) is 9.45. The van der Waals surface area contributed by atoms with Gasteiger partial charge in [-0.2, -0.15) is 13.2 Å². The van der Waals surface area contributed by atoms with Gasteiger partial charge in [-0.1, -0.05) is 18.2 Å². The van der Waals surface area contributed by atoms with Crippen LogP contribution in [0.1, 0.15) is 40.0 Å². The van der Waals surface area contributed by atoms with Gasteiger partial charge in [-0.3, -0.25) is 14.5 Å². The number of ether oxygens (including phenoxy) is 2. The number of benzene rings is 2. The first-order chi connectivity index (χ1) is 19.1. The van der Waals surface area contributed by atoms with Crippen LogP contribution in [0.5, 0.6) is 11.5 Å². The van der Waals surface area contributed by atoms with Gasteiger partial charge < -0.3 is 23.7 Å². The number of halogens is 3. The average molecular weight is 561 g/mol. The number of nitrogens with zero attached hydrogens (tertiary/aromatic N) is 4. The van der Waals surface area contributed by atoms with Crippen LogP contribution in [-0.4, -0.2) is 71.9 Å². The van der Waals surface area contributed by atoms with Gasteiger partial charge in [-0.25, -0.2) is 4.98 Å². The van der Waals surface area contributed by atoms with Crippen molar-refractivity contribution in [1.82, 2.24) is 19.7 Å². The number of carbonyl (C=O) groups is 2. The summed E-state index contributed by atoms with van der Waals surface area (Å²) in [6.45, 7) is 3.68. The third-order valence-electron chi connectivity index (χ3n) is 6.68. The van der Waals surface area contributed by atoms with Crippen LogP contribution in [0.2, 0.25) is 0 Å². The van der Waals surface area contributed by atoms with Gasteiger partial charge in [0, 0.05) is 51.8 Å². The lowest BCUT2D eigenvalue weighted by atomic mass is 10.1. The van der Waals surface area contributed by atoms with E-state index in [0.717, 1.165) is 17.7 Å². The summed E-state index contributed by atoms with van der Waals surface area (Å²) in [6.07, 6.45) is -3.19. The Labute approximate surface area is 230 Å². The number of aromatic nitrogens is 1. The smallest absolute Gasteiger partial charge is 0.416 e. The Morgan fingerprint density at radius 3 is 2.35 bits per heavy atom. The topological polar surface area (TPSA) is 88.4 Å². The molecule has 40 heavy (non-hydrogen) atoms. The Bertz CT molecular complexity index is 1340. The largest absolute Gasteiger partial charge is 0.497 e. The summed E-state index contributed by atoms with van der Waals surface area (Å²) >= 11 is 0. The maximum absolute atomic E-state index is 13.3. The molecule has 0 aliphatic carbocycles. The molecule has 2 heterocycles. The van der Waals surface area contributed by atoms with Crippen LogP contribution in [0.25, 0.3) is 0 Å². The van der Waals surface area contributed by atoms with E-state index in [1.54, 1.807) is 34.1 Å². The molecule has 0 spiro atoms. The fraction of sp³-hybridized carbons (Fsp3) is 0.393. The van der Waals surface area contributed by atoms with Crippen molar-refractivity contribution in [2.75, 3.05) is 40.4 Å². The number of hydrogen-bond donors (Lipinski definition) is 0. The molecule has 1 aliphatic heterocycles. The van der Waals surface area contributed by atoms with Crippen molar-refractivity contribution in [3.63, 3.8) is 0 Å². The molecule has 0 radical (unpaired) electrons. The number of piperazine rings is 1. The summed E-state index contributed by atoms with van der Waals surface area (Å²) in [5.74, 6) is 1.08. The zero-order chi connectivity index (χ0) is 28.9. The molecule has 12 heteroatoms. The molecule has 1 saturated heterocycles.